The van der Waals surface area contributed by atoms with Gasteiger partial charge in [0.05, 0.1) is 6.54 Å². The zero-order valence-corrected chi connectivity index (χ0v) is 30.4. The average molecular weight is 713 g/mol. The molecule has 0 spiro atoms. The van der Waals surface area contributed by atoms with Crippen LogP contribution in [0.3, 0.4) is 0 Å². The highest BCUT2D eigenvalue weighted by molar-refractivity contribution is 5.81. The summed E-state index contributed by atoms with van der Waals surface area (Å²) in [4.78, 5) is 15.6. The number of imidazole rings is 1. The highest BCUT2D eigenvalue weighted by atomic mass is 16.5. The van der Waals surface area contributed by atoms with Crippen LogP contribution in [0.1, 0.15) is 61.0 Å². The van der Waals surface area contributed by atoms with E-state index in [2.05, 4.69) is 90.7 Å². The molecule has 7 aromatic rings. The van der Waals surface area contributed by atoms with Gasteiger partial charge in [-0.25, -0.2) is 14.5 Å². The second-order valence-electron chi connectivity index (χ2n) is 13.5. The van der Waals surface area contributed by atoms with Crippen molar-refractivity contribution in [2.75, 3.05) is 0 Å². The van der Waals surface area contributed by atoms with Gasteiger partial charge in [-0.3, -0.25) is 4.57 Å². The summed E-state index contributed by atoms with van der Waals surface area (Å²) in [5, 5.41) is 24.7. The van der Waals surface area contributed by atoms with Crippen molar-refractivity contribution < 1.29 is 14.6 Å². The molecule has 2 aromatic heterocycles. The smallest absolute Gasteiger partial charge is 0.226 e. The molecule has 0 amide bonds. The molecule has 268 valence electrons. The van der Waals surface area contributed by atoms with Crippen molar-refractivity contribution in [2.24, 2.45) is 0 Å². The number of benzene rings is 5. The predicted octanol–water partition coefficient (Wildman–Crippen LogP) is 8.15. The Balaban J connectivity index is 1.33. The van der Waals surface area contributed by atoms with Crippen molar-refractivity contribution in [1.82, 2.24) is 29.8 Å². The van der Waals surface area contributed by atoms with Crippen molar-refractivity contribution in [3.8, 4) is 28.4 Å². The summed E-state index contributed by atoms with van der Waals surface area (Å²) in [7, 11) is 0. The van der Waals surface area contributed by atoms with E-state index in [9.17, 15) is 9.90 Å². The van der Waals surface area contributed by atoms with E-state index in [1.807, 2.05) is 76.0 Å². The fourth-order valence-corrected chi connectivity index (χ4v) is 7.08. The van der Waals surface area contributed by atoms with Crippen LogP contribution in [-0.2, 0) is 28.9 Å². The summed E-state index contributed by atoms with van der Waals surface area (Å²) in [5.41, 5.74) is 7.41. The van der Waals surface area contributed by atoms with Crippen molar-refractivity contribution in [2.45, 2.75) is 51.3 Å². The molecule has 54 heavy (non-hydrogen) atoms. The van der Waals surface area contributed by atoms with E-state index in [-0.39, 0.29) is 0 Å². The molecule has 2 heterocycles. The van der Waals surface area contributed by atoms with Crippen LogP contribution in [-0.4, -0.2) is 40.8 Å². The molecule has 0 saturated carbocycles. The van der Waals surface area contributed by atoms with Crippen molar-refractivity contribution in [1.29, 1.82) is 0 Å². The van der Waals surface area contributed by atoms with Crippen LogP contribution in [0.5, 0.6) is 5.88 Å². The van der Waals surface area contributed by atoms with Crippen LogP contribution in [0.4, 0.5) is 0 Å². The summed E-state index contributed by atoms with van der Waals surface area (Å²) < 4.78 is 9.73. The standard InChI is InChI=1S/C45H40N6O3/c1-4-17-40-46-41(44(2,3)53)43(54-31-16-30-52)50(40)32-33-26-28-34(29-27-33)38-24-14-15-25-39(38)42-47-48-49-51(42)45(35-18-8-5-9-19-35,36-20-10-6-11-21-36)37-22-12-7-13-23-37/h5-15,18-29,31,53H,4,17,32H2,1-3H3. The van der Waals surface area contributed by atoms with E-state index in [1.165, 1.54) is 0 Å². The number of nitrogens with zero attached hydrogens (tertiary/aromatic N) is 6. The lowest BCUT2D eigenvalue weighted by atomic mass is 9.77. The van der Waals surface area contributed by atoms with Crippen molar-refractivity contribution in [3.05, 3.63) is 185 Å². The molecule has 9 heteroatoms. The Labute approximate surface area is 314 Å². The number of hydrogen-bond donors (Lipinski definition) is 1. The first-order chi connectivity index (χ1) is 26.4. The maximum Gasteiger partial charge on any atom is 0.226 e. The first-order valence-corrected chi connectivity index (χ1v) is 17.9. The van der Waals surface area contributed by atoms with Gasteiger partial charge >= 0.3 is 0 Å². The van der Waals surface area contributed by atoms with Gasteiger partial charge in [-0.15, -0.1) is 5.10 Å². The normalized spacial score (nSPS) is 11.5. The zero-order chi connectivity index (χ0) is 37.5. The van der Waals surface area contributed by atoms with E-state index in [1.54, 1.807) is 19.8 Å². The Morgan fingerprint density at radius 1 is 0.759 bits per heavy atom. The zero-order valence-electron chi connectivity index (χ0n) is 30.4. The minimum atomic E-state index is -1.27. The maximum atomic E-state index is 10.9. The van der Waals surface area contributed by atoms with Crippen LogP contribution in [0, 0.1) is 0 Å². The van der Waals surface area contributed by atoms with E-state index in [0.717, 1.165) is 57.5 Å². The maximum absolute atomic E-state index is 10.9. The van der Waals surface area contributed by atoms with Gasteiger partial charge in [0.2, 0.25) is 5.88 Å². The molecule has 1 N–H and O–H groups in total. The third kappa shape index (κ3) is 6.83. The lowest BCUT2D eigenvalue weighted by Crippen LogP contribution is -2.39. The number of tetrazole rings is 1. The monoisotopic (exact) mass is 712 g/mol. The molecular formula is C45H40N6O3. The molecule has 0 atom stereocenters. The predicted molar refractivity (Wildman–Crippen MR) is 208 cm³/mol. The lowest BCUT2D eigenvalue weighted by Gasteiger charge is -2.36. The van der Waals surface area contributed by atoms with Gasteiger partial charge < -0.3 is 9.84 Å². The molecule has 0 saturated heterocycles. The third-order valence-corrected chi connectivity index (χ3v) is 9.48. The fourth-order valence-electron chi connectivity index (χ4n) is 7.08. The number of carbonyl (C=O) groups excluding carboxylic acids is 1. The van der Waals surface area contributed by atoms with Crippen LogP contribution >= 0.6 is 0 Å². The lowest BCUT2D eigenvalue weighted by molar-refractivity contribution is 0.0714. The number of ether oxygens (including phenoxy) is 1. The van der Waals surface area contributed by atoms with Crippen LogP contribution < -0.4 is 4.74 Å². The van der Waals surface area contributed by atoms with Crippen molar-refractivity contribution in [3.63, 3.8) is 0 Å². The summed E-state index contributed by atoms with van der Waals surface area (Å²) in [6.07, 6.45) is 2.67. The molecule has 0 fully saturated rings. The Morgan fingerprint density at radius 2 is 1.31 bits per heavy atom. The first-order valence-electron chi connectivity index (χ1n) is 17.9. The highest BCUT2D eigenvalue weighted by Gasteiger charge is 2.42. The van der Waals surface area contributed by atoms with Crippen LogP contribution in [0.15, 0.2) is 152 Å². The van der Waals surface area contributed by atoms with Gasteiger partial charge in [0.15, 0.2) is 11.8 Å². The molecule has 9 nitrogen and oxygen atoms in total. The molecule has 0 aliphatic rings. The van der Waals surface area contributed by atoms with E-state index in [4.69, 9.17) is 20.0 Å². The summed E-state index contributed by atoms with van der Waals surface area (Å²) in [6.45, 7) is 5.83. The molecule has 0 radical (unpaired) electrons. The minimum Gasteiger partial charge on any atom is -0.437 e. The molecule has 0 unspecified atom stereocenters. The Morgan fingerprint density at radius 3 is 1.85 bits per heavy atom. The molecule has 0 aliphatic carbocycles. The highest BCUT2D eigenvalue weighted by Crippen LogP contribution is 2.43. The van der Waals surface area contributed by atoms with Gasteiger partial charge in [-0.2, -0.15) is 0 Å². The summed E-state index contributed by atoms with van der Waals surface area (Å²) in [6, 6.07) is 47.6. The first kappa shape index (κ1) is 35.8. The topological polar surface area (TPSA) is 108 Å². The fraction of sp³-hybridized carbons (Fsp3) is 0.178. The number of hydrogen-bond acceptors (Lipinski definition) is 7. The van der Waals surface area contributed by atoms with Gasteiger partial charge in [0.25, 0.3) is 0 Å². The van der Waals surface area contributed by atoms with Crippen molar-refractivity contribution >= 4 is 5.94 Å². The van der Waals surface area contributed by atoms with Gasteiger partial charge in [0.1, 0.15) is 28.9 Å². The molecule has 7 rings (SSSR count). The van der Waals surface area contributed by atoms with Gasteiger partial charge in [-0.05, 0) is 64.1 Å². The molecular weight excluding hydrogens is 673 g/mol. The minimum absolute atomic E-state index is 0.355. The quantitative estimate of drug-likeness (QED) is 0.0557. The average Bonchev–Trinajstić information content (AvgIpc) is 3.83. The largest absolute Gasteiger partial charge is 0.437 e. The Hall–Kier alpha value is -6.63. The van der Waals surface area contributed by atoms with Crippen LogP contribution in [0.25, 0.3) is 22.5 Å². The molecule has 0 aliphatic heterocycles. The number of rotatable bonds is 13. The van der Waals surface area contributed by atoms with E-state index < -0.39 is 11.1 Å². The Kier molecular flexibility index (Phi) is 10.3. The summed E-state index contributed by atoms with van der Waals surface area (Å²) >= 11 is 0. The molecule has 0 bridgehead atoms. The number of aliphatic hydroxyl groups is 1. The third-order valence-electron chi connectivity index (χ3n) is 9.48. The second-order valence-corrected chi connectivity index (χ2v) is 13.5. The number of aryl methyl sites for hydroxylation is 1. The number of aromatic nitrogens is 6. The second kappa shape index (κ2) is 15.5. The summed E-state index contributed by atoms with van der Waals surface area (Å²) in [5.74, 6) is 3.33. The SMILES string of the molecule is CCCc1nc(C(C)(C)O)c(OC=C=C=O)n1Cc1ccc(-c2ccccc2-c2nnnn2C(c2ccccc2)(c2ccccc2)c2ccccc2)cc1. The van der Waals surface area contributed by atoms with E-state index in [0.29, 0.717) is 30.4 Å². The van der Waals surface area contributed by atoms with Crippen LogP contribution in [0.2, 0.25) is 0 Å². The van der Waals surface area contributed by atoms with Gasteiger partial charge in [0, 0.05) is 17.7 Å². The van der Waals surface area contributed by atoms with Gasteiger partial charge in [-0.1, -0.05) is 146 Å². The molecule has 5 aromatic carbocycles. The Bertz CT molecular complexity index is 2320. The van der Waals surface area contributed by atoms with E-state index >= 15 is 0 Å².